The monoisotopic (exact) mass is 148 g/mol. The van der Waals surface area contributed by atoms with E-state index in [1.165, 1.54) is 6.21 Å². The fraction of sp³-hybridized carbons (Fsp3) is 0.222. The average Bonchev–Trinajstić information content (AvgIpc) is 2.05. The standard InChI is InChI=1S/C9H12N2/c1-11(2)9-5-3-8(7-10)4-6-9/h3-7,10H,1-2H3. The molecule has 0 saturated heterocycles. The Bertz CT molecular complexity index is 236. The maximum absolute atomic E-state index is 6.98. The molecule has 1 N–H and O–H groups in total. The summed E-state index contributed by atoms with van der Waals surface area (Å²) in [5, 5.41) is 6.98. The van der Waals surface area contributed by atoms with E-state index >= 15 is 0 Å². The number of hydrogen-bond donors (Lipinski definition) is 1. The second kappa shape index (κ2) is 3.19. The highest BCUT2D eigenvalue weighted by atomic mass is 15.1. The lowest BCUT2D eigenvalue weighted by Gasteiger charge is -2.11. The van der Waals surface area contributed by atoms with Crippen LogP contribution in [0.5, 0.6) is 0 Å². The van der Waals surface area contributed by atoms with Crippen molar-refractivity contribution in [3.05, 3.63) is 29.8 Å². The van der Waals surface area contributed by atoms with Crippen LogP contribution in [0.2, 0.25) is 0 Å². The fourth-order valence-corrected chi connectivity index (χ4v) is 0.869. The van der Waals surface area contributed by atoms with Gasteiger partial charge in [0.05, 0.1) is 0 Å². The molecule has 58 valence electrons. The van der Waals surface area contributed by atoms with Crippen molar-refractivity contribution in [1.82, 2.24) is 0 Å². The van der Waals surface area contributed by atoms with Gasteiger partial charge >= 0.3 is 0 Å². The lowest BCUT2D eigenvalue weighted by molar-refractivity contribution is 1.13. The molecule has 1 rings (SSSR count). The van der Waals surface area contributed by atoms with E-state index in [4.69, 9.17) is 5.41 Å². The number of rotatable bonds is 2. The van der Waals surface area contributed by atoms with Gasteiger partial charge in [-0.3, -0.25) is 0 Å². The third kappa shape index (κ3) is 1.80. The van der Waals surface area contributed by atoms with Gasteiger partial charge in [-0.05, 0) is 17.7 Å². The topological polar surface area (TPSA) is 27.1 Å². The van der Waals surface area contributed by atoms with Gasteiger partial charge in [-0.25, -0.2) is 0 Å². The molecular formula is C9H12N2. The molecule has 0 atom stereocenters. The summed E-state index contributed by atoms with van der Waals surface area (Å²) in [6, 6.07) is 7.87. The maximum Gasteiger partial charge on any atom is 0.0361 e. The molecule has 0 saturated carbocycles. The van der Waals surface area contributed by atoms with Gasteiger partial charge in [0.25, 0.3) is 0 Å². The van der Waals surface area contributed by atoms with Crippen molar-refractivity contribution >= 4 is 11.9 Å². The summed E-state index contributed by atoms with van der Waals surface area (Å²) in [4.78, 5) is 2.04. The van der Waals surface area contributed by atoms with Gasteiger partial charge in [0, 0.05) is 26.0 Å². The zero-order valence-electron chi connectivity index (χ0n) is 6.83. The van der Waals surface area contributed by atoms with Crippen LogP contribution in [0.1, 0.15) is 5.56 Å². The number of nitrogens with zero attached hydrogens (tertiary/aromatic N) is 1. The Kier molecular flexibility index (Phi) is 2.26. The van der Waals surface area contributed by atoms with Crippen molar-refractivity contribution in [2.45, 2.75) is 0 Å². The molecule has 0 unspecified atom stereocenters. The normalized spacial score (nSPS) is 9.27. The second-order valence-corrected chi connectivity index (χ2v) is 2.63. The molecule has 11 heavy (non-hydrogen) atoms. The summed E-state index contributed by atoms with van der Waals surface area (Å²) in [6.45, 7) is 0. The van der Waals surface area contributed by atoms with Crippen LogP contribution in [0.3, 0.4) is 0 Å². The van der Waals surface area contributed by atoms with Gasteiger partial charge in [0.2, 0.25) is 0 Å². The summed E-state index contributed by atoms with van der Waals surface area (Å²) >= 11 is 0. The largest absolute Gasteiger partial charge is 0.378 e. The maximum atomic E-state index is 6.98. The zero-order valence-corrected chi connectivity index (χ0v) is 6.83. The molecule has 0 amide bonds. The van der Waals surface area contributed by atoms with Gasteiger partial charge in [0.1, 0.15) is 0 Å². The first-order valence-electron chi connectivity index (χ1n) is 3.52. The molecule has 0 bridgehead atoms. The average molecular weight is 148 g/mol. The minimum atomic E-state index is 0.940. The number of benzene rings is 1. The summed E-state index contributed by atoms with van der Waals surface area (Å²) in [5.74, 6) is 0. The van der Waals surface area contributed by atoms with E-state index in [-0.39, 0.29) is 0 Å². The van der Waals surface area contributed by atoms with E-state index in [2.05, 4.69) is 0 Å². The lowest BCUT2D eigenvalue weighted by Crippen LogP contribution is -2.08. The summed E-state index contributed by atoms with van der Waals surface area (Å²) in [7, 11) is 4.00. The summed E-state index contributed by atoms with van der Waals surface area (Å²) in [6.07, 6.45) is 1.35. The van der Waals surface area contributed by atoms with E-state index < -0.39 is 0 Å². The van der Waals surface area contributed by atoms with Crippen molar-refractivity contribution in [2.75, 3.05) is 19.0 Å². The van der Waals surface area contributed by atoms with E-state index in [1.807, 2.05) is 43.3 Å². The van der Waals surface area contributed by atoms with Gasteiger partial charge in [-0.2, -0.15) is 0 Å². The lowest BCUT2D eigenvalue weighted by atomic mass is 10.2. The van der Waals surface area contributed by atoms with Gasteiger partial charge in [-0.1, -0.05) is 12.1 Å². The van der Waals surface area contributed by atoms with Crippen LogP contribution < -0.4 is 4.90 Å². The van der Waals surface area contributed by atoms with Gasteiger partial charge in [-0.15, -0.1) is 0 Å². The zero-order chi connectivity index (χ0) is 8.27. The molecule has 0 radical (unpaired) electrons. The predicted molar refractivity (Wildman–Crippen MR) is 48.7 cm³/mol. The second-order valence-electron chi connectivity index (χ2n) is 2.63. The molecule has 0 aliphatic carbocycles. The van der Waals surface area contributed by atoms with Crippen molar-refractivity contribution in [3.63, 3.8) is 0 Å². The van der Waals surface area contributed by atoms with Crippen LogP contribution >= 0.6 is 0 Å². The predicted octanol–water partition coefficient (Wildman–Crippen LogP) is 1.75. The molecule has 0 aliphatic rings. The van der Waals surface area contributed by atoms with Crippen molar-refractivity contribution < 1.29 is 0 Å². The Morgan fingerprint density at radius 1 is 1.18 bits per heavy atom. The molecule has 2 nitrogen and oxygen atoms in total. The van der Waals surface area contributed by atoms with Gasteiger partial charge < -0.3 is 10.3 Å². The summed E-state index contributed by atoms with van der Waals surface area (Å²) in [5.41, 5.74) is 2.10. The van der Waals surface area contributed by atoms with E-state index in [0.29, 0.717) is 0 Å². The smallest absolute Gasteiger partial charge is 0.0361 e. The summed E-state index contributed by atoms with van der Waals surface area (Å²) < 4.78 is 0. The van der Waals surface area contributed by atoms with Crippen molar-refractivity contribution in [3.8, 4) is 0 Å². The van der Waals surface area contributed by atoms with Crippen LogP contribution in [-0.4, -0.2) is 20.3 Å². The SMILES string of the molecule is CN(C)c1ccc(C=N)cc1. The van der Waals surface area contributed by atoms with E-state index in [0.717, 1.165) is 11.3 Å². The Hall–Kier alpha value is -1.31. The highest BCUT2D eigenvalue weighted by Gasteiger charge is 1.92. The number of anilines is 1. The Labute approximate surface area is 67.0 Å². The molecule has 0 heterocycles. The molecular weight excluding hydrogens is 136 g/mol. The Morgan fingerprint density at radius 3 is 2.09 bits per heavy atom. The molecule has 2 heteroatoms. The Morgan fingerprint density at radius 2 is 1.73 bits per heavy atom. The first-order valence-corrected chi connectivity index (χ1v) is 3.52. The third-order valence-corrected chi connectivity index (χ3v) is 1.58. The molecule has 0 fully saturated rings. The Balaban J connectivity index is 2.91. The quantitative estimate of drug-likeness (QED) is 0.635. The highest BCUT2D eigenvalue weighted by Crippen LogP contribution is 2.10. The van der Waals surface area contributed by atoms with Gasteiger partial charge in [0.15, 0.2) is 0 Å². The molecule has 0 aromatic heterocycles. The van der Waals surface area contributed by atoms with Crippen LogP contribution in [0.4, 0.5) is 5.69 Å². The van der Waals surface area contributed by atoms with Crippen LogP contribution in [0.25, 0.3) is 0 Å². The fourth-order valence-electron chi connectivity index (χ4n) is 0.869. The molecule has 1 aromatic carbocycles. The first kappa shape index (κ1) is 7.79. The minimum absolute atomic E-state index is 0.940. The third-order valence-electron chi connectivity index (χ3n) is 1.58. The minimum Gasteiger partial charge on any atom is -0.378 e. The first-order chi connectivity index (χ1) is 5.24. The van der Waals surface area contributed by atoms with E-state index in [1.54, 1.807) is 0 Å². The van der Waals surface area contributed by atoms with Crippen LogP contribution in [0.15, 0.2) is 24.3 Å². The number of hydrogen-bond acceptors (Lipinski definition) is 2. The highest BCUT2D eigenvalue weighted by molar-refractivity contribution is 5.77. The molecule has 0 spiro atoms. The molecule has 0 aliphatic heterocycles. The van der Waals surface area contributed by atoms with Crippen LogP contribution in [-0.2, 0) is 0 Å². The molecule has 1 aromatic rings. The van der Waals surface area contributed by atoms with Crippen LogP contribution in [0, 0.1) is 5.41 Å². The number of nitrogens with one attached hydrogen (secondary N) is 1. The van der Waals surface area contributed by atoms with Crippen molar-refractivity contribution in [1.29, 1.82) is 5.41 Å². The van der Waals surface area contributed by atoms with Crippen molar-refractivity contribution in [2.24, 2.45) is 0 Å². The van der Waals surface area contributed by atoms with E-state index in [9.17, 15) is 0 Å².